The molecule has 0 aromatic carbocycles. The monoisotopic (exact) mass is 251 g/mol. The van der Waals surface area contributed by atoms with Crippen molar-refractivity contribution in [3.8, 4) is 0 Å². The predicted octanol–water partition coefficient (Wildman–Crippen LogP) is 2.70. The molecule has 1 heterocycles. The van der Waals surface area contributed by atoms with E-state index < -0.39 is 0 Å². The van der Waals surface area contributed by atoms with Crippen LogP contribution in [-0.4, -0.2) is 21.3 Å². The van der Waals surface area contributed by atoms with Crippen LogP contribution in [0.1, 0.15) is 38.1 Å². The van der Waals surface area contributed by atoms with Gasteiger partial charge in [0.25, 0.3) is 0 Å². The second-order valence-corrected chi connectivity index (χ2v) is 6.85. The molecule has 94 valence electrons. The van der Waals surface area contributed by atoms with E-state index in [1.807, 2.05) is 19.9 Å². The first-order chi connectivity index (χ1) is 7.88. The van der Waals surface area contributed by atoms with E-state index in [4.69, 9.17) is 5.73 Å². The van der Waals surface area contributed by atoms with Gasteiger partial charge in [0.05, 0.1) is 0 Å². The Labute approximate surface area is 108 Å². The minimum Gasteiger partial charge on any atom is -0.326 e. The molecule has 2 unspecified atom stereocenters. The van der Waals surface area contributed by atoms with Crippen LogP contribution in [0.3, 0.4) is 0 Å². The summed E-state index contributed by atoms with van der Waals surface area (Å²) < 4.78 is 0. The zero-order valence-corrected chi connectivity index (χ0v) is 11.8. The molecule has 4 heteroatoms. The topological polar surface area (TPSA) is 51.8 Å². The fourth-order valence-electron chi connectivity index (χ4n) is 2.38. The minimum atomic E-state index is 0.233. The van der Waals surface area contributed by atoms with E-state index >= 15 is 0 Å². The van der Waals surface area contributed by atoms with Crippen LogP contribution in [0.25, 0.3) is 0 Å². The first-order valence-corrected chi connectivity index (χ1v) is 7.01. The van der Waals surface area contributed by atoms with Crippen molar-refractivity contribution in [3.05, 3.63) is 17.5 Å². The maximum absolute atomic E-state index is 6.30. The van der Waals surface area contributed by atoms with Gasteiger partial charge < -0.3 is 5.73 Å². The Balaban J connectivity index is 2.12. The third kappa shape index (κ3) is 2.80. The van der Waals surface area contributed by atoms with E-state index in [-0.39, 0.29) is 11.5 Å². The van der Waals surface area contributed by atoms with Gasteiger partial charge >= 0.3 is 0 Å². The molecule has 2 atom stereocenters. The summed E-state index contributed by atoms with van der Waals surface area (Å²) in [5.74, 6) is 0. The average molecular weight is 251 g/mol. The number of hydrogen-bond donors (Lipinski definition) is 1. The van der Waals surface area contributed by atoms with Gasteiger partial charge in [0.15, 0.2) is 5.16 Å². The molecule has 0 bridgehead atoms. The average Bonchev–Trinajstić information content (AvgIpc) is 2.44. The van der Waals surface area contributed by atoms with Crippen molar-refractivity contribution < 1.29 is 0 Å². The second kappa shape index (κ2) is 4.58. The molecule has 1 aromatic heterocycles. The molecule has 1 aliphatic carbocycles. The number of nitrogens with two attached hydrogens (primary N) is 1. The molecule has 0 amide bonds. The van der Waals surface area contributed by atoms with E-state index in [1.165, 1.54) is 6.42 Å². The van der Waals surface area contributed by atoms with Crippen LogP contribution in [0.4, 0.5) is 0 Å². The van der Waals surface area contributed by atoms with Crippen LogP contribution in [0.15, 0.2) is 11.2 Å². The smallest absolute Gasteiger partial charge is 0.188 e. The van der Waals surface area contributed by atoms with Gasteiger partial charge in [-0.3, -0.25) is 0 Å². The number of aryl methyl sites for hydroxylation is 2. The van der Waals surface area contributed by atoms with Gasteiger partial charge in [-0.05, 0) is 38.2 Å². The summed E-state index contributed by atoms with van der Waals surface area (Å²) in [6, 6.07) is 2.24. The van der Waals surface area contributed by atoms with Crippen molar-refractivity contribution >= 4 is 11.8 Å². The number of aromatic nitrogens is 2. The molecule has 2 rings (SSSR count). The van der Waals surface area contributed by atoms with Gasteiger partial charge in [-0.15, -0.1) is 0 Å². The van der Waals surface area contributed by atoms with E-state index in [0.717, 1.165) is 23.0 Å². The highest BCUT2D eigenvalue weighted by molar-refractivity contribution is 7.99. The summed E-state index contributed by atoms with van der Waals surface area (Å²) in [5.41, 5.74) is 8.62. The second-order valence-electron chi connectivity index (χ2n) is 5.64. The van der Waals surface area contributed by atoms with Crippen molar-refractivity contribution in [1.29, 1.82) is 0 Å². The van der Waals surface area contributed by atoms with Gasteiger partial charge in [-0.2, -0.15) is 0 Å². The minimum absolute atomic E-state index is 0.233. The lowest BCUT2D eigenvalue weighted by molar-refractivity contribution is 0.334. The first kappa shape index (κ1) is 12.8. The summed E-state index contributed by atoms with van der Waals surface area (Å²) in [6.07, 6.45) is 2.35. The first-order valence-electron chi connectivity index (χ1n) is 6.13. The fraction of sp³-hybridized carbons (Fsp3) is 0.692. The Morgan fingerprint density at radius 1 is 1.29 bits per heavy atom. The Morgan fingerprint density at radius 2 is 1.88 bits per heavy atom. The van der Waals surface area contributed by atoms with Crippen molar-refractivity contribution in [2.24, 2.45) is 11.1 Å². The standard InChI is InChI=1S/C13H21N3S/c1-8-7-9(2)16-12(15-8)17-10-5-6-13(3,4)11(10)14/h7,10-11H,5-6,14H2,1-4H3. The highest BCUT2D eigenvalue weighted by Crippen LogP contribution is 2.43. The largest absolute Gasteiger partial charge is 0.326 e. The van der Waals surface area contributed by atoms with Gasteiger partial charge in [0.1, 0.15) is 0 Å². The van der Waals surface area contributed by atoms with Crippen LogP contribution in [0.2, 0.25) is 0 Å². The van der Waals surface area contributed by atoms with Crippen molar-refractivity contribution in [2.75, 3.05) is 0 Å². The quantitative estimate of drug-likeness (QED) is 0.821. The lowest BCUT2D eigenvalue weighted by Gasteiger charge is -2.26. The number of thioether (sulfide) groups is 1. The van der Waals surface area contributed by atoms with Gasteiger partial charge in [0, 0.05) is 22.7 Å². The summed E-state index contributed by atoms with van der Waals surface area (Å²) in [4.78, 5) is 8.95. The molecule has 1 saturated carbocycles. The van der Waals surface area contributed by atoms with E-state index in [0.29, 0.717) is 5.25 Å². The zero-order chi connectivity index (χ0) is 12.6. The molecule has 17 heavy (non-hydrogen) atoms. The van der Waals surface area contributed by atoms with Crippen molar-refractivity contribution in [3.63, 3.8) is 0 Å². The third-order valence-electron chi connectivity index (χ3n) is 3.59. The summed E-state index contributed by atoms with van der Waals surface area (Å²) in [6.45, 7) is 8.52. The van der Waals surface area contributed by atoms with Crippen LogP contribution in [0.5, 0.6) is 0 Å². The number of hydrogen-bond acceptors (Lipinski definition) is 4. The Kier molecular flexibility index (Phi) is 3.46. The molecule has 3 nitrogen and oxygen atoms in total. The van der Waals surface area contributed by atoms with Crippen molar-refractivity contribution in [2.45, 2.75) is 57.0 Å². The molecule has 0 spiro atoms. The summed E-state index contributed by atoms with van der Waals surface area (Å²) in [7, 11) is 0. The molecule has 0 saturated heterocycles. The van der Waals surface area contributed by atoms with E-state index in [1.54, 1.807) is 11.8 Å². The summed E-state index contributed by atoms with van der Waals surface area (Å²) in [5, 5.41) is 1.33. The molecular weight excluding hydrogens is 230 g/mol. The molecule has 1 fully saturated rings. The van der Waals surface area contributed by atoms with E-state index in [9.17, 15) is 0 Å². The van der Waals surface area contributed by atoms with Gasteiger partial charge in [0.2, 0.25) is 0 Å². The highest BCUT2D eigenvalue weighted by atomic mass is 32.2. The summed E-state index contributed by atoms with van der Waals surface area (Å²) >= 11 is 1.74. The Morgan fingerprint density at radius 3 is 2.35 bits per heavy atom. The van der Waals surface area contributed by atoms with Crippen LogP contribution in [0, 0.1) is 19.3 Å². The maximum Gasteiger partial charge on any atom is 0.188 e. The number of nitrogens with zero attached hydrogens (tertiary/aromatic N) is 2. The van der Waals surface area contributed by atoms with E-state index in [2.05, 4.69) is 23.8 Å². The Bertz CT molecular complexity index is 397. The number of rotatable bonds is 2. The Hall–Kier alpha value is -0.610. The lowest BCUT2D eigenvalue weighted by atomic mass is 9.88. The molecule has 0 radical (unpaired) electrons. The maximum atomic E-state index is 6.30. The SMILES string of the molecule is Cc1cc(C)nc(SC2CCC(C)(C)C2N)n1. The fourth-order valence-corrected chi connectivity index (χ4v) is 3.79. The predicted molar refractivity (Wildman–Crippen MR) is 72.1 cm³/mol. The van der Waals surface area contributed by atoms with Gasteiger partial charge in [-0.1, -0.05) is 25.6 Å². The third-order valence-corrected chi connectivity index (χ3v) is 4.82. The normalized spacial score (nSPS) is 27.4. The molecule has 2 N–H and O–H groups in total. The molecule has 1 aliphatic rings. The highest BCUT2D eigenvalue weighted by Gasteiger charge is 2.40. The zero-order valence-electron chi connectivity index (χ0n) is 11.0. The van der Waals surface area contributed by atoms with Crippen LogP contribution in [-0.2, 0) is 0 Å². The van der Waals surface area contributed by atoms with Crippen molar-refractivity contribution in [1.82, 2.24) is 9.97 Å². The van der Waals surface area contributed by atoms with Crippen LogP contribution < -0.4 is 5.73 Å². The molecule has 0 aliphatic heterocycles. The molecular formula is C13H21N3S. The van der Waals surface area contributed by atoms with Crippen LogP contribution >= 0.6 is 11.8 Å². The van der Waals surface area contributed by atoms with Gasteiger partial charge in [-0.25, -0.2) is 9.97 Å². The molecule has 1 aromatic rings. The lowest BCUT2D eigenvalue weighted by Crippen LogP contribution is -2.38.